The number of rotatable bonds is 8. The van der Waals surface area contributed by atoms with Gasteiger partial charge in [0.1, 0.15) is 5.75 Å². The van der Waals surface area contributed by atoms with Gasteiger partial charge in [0.2, 0.25) is 15.9 Å². The summed E-state index contributed by atoms with van der Waals surface area (Å²) in [6, 6.07) is 17.7. The number of benzene rings is 3. The Labute approximate surface area is 224 Å². The number of halogens is 1. The lowest BCUT2D eigenvalue weighted by molar-refractivity contribution is -0.116. The highest BCUT2D eigenvalue weighted by Crippen LogP contribution is 2.34. The van der Waals surface area contributed by atoms with E-state index >= 15 is 0 Å². The maximum atomic E-state index is 14.0. The smallest absolute Gasteiger partial charge is 0.244 e. The molecule has 0 saturated heterocycles. The van der Waals surface area contributed by atoms with Crippen LogP contribution in [0.3, 0.4) is 0 Å². The number of carbonyl (C=O) groups excluding carboxylic acids is 1. The van der Waals surface area contributed by atoms with Crippen molar-refractivity contribution in [1.29, 1.82) is 0 Å². The van der Waals surface area contributed by atoms with Gasteiger partial charge >= 0.3 is 0 Å². The standard InChI is InChI=1S/C29H33ClN2O4S/c1-20-16-21(2)29(22(3)17-20)37(34,35)32(24-10-6-4-7-11-24)19-28(33)31-26-18-23(30)14-15-27(26)36-25-12-8-5-9-13-25/h5,8-9,12-18,24H,4,6-7,10-11,19H2,1-3H3,(H,31,33). The first kappa shape index (κ1) is 27.2. The lowest BCUT2D eigenvalue weighted by Crippen LogP contribution is -2.46. The zero-order valence-corrected chi connectivity index (χ0v) is 23.0. The van der Waals surface area contributed by atoms with Crippen molar-refractivity contribution in [2.75, 3.05) is 11.9 Å². The first-order valence-electron chi connectivity index (χ1n) is 12.6. The number of amides is 1. The van der Waals surface area contributed by atoms with E-state index < -0.39 is 15.9 Å². The highest BCUT2D eigenvalue weighted by molar-refractivity contribution is 7.89. The van der Waals surface area contributed by atoms with Gasteiger partial charge in [-0.05, 0) is 75.1 Å². The lowest BCUT2D eigenvalue weighted by Gasteiger charge is -2.34. The molecule has 1 N–H and O–H groups in total. The summed E-state index contributed by atoms with van der Waals surface area (Å²) >= 11 is 6.22. The van der Waals surface area contributed by atoms with Crippen molar-refractivity contribution in [3.8, 4) is 11.5 Å². The van der Waals surface area contributed by atoms with Crippen LogP contribution in [0.2, 0.25) is 5.02 Å². The van der Waals surface area contributed by atoms with Crippen LogP contribution in [0, 0.1) is 20.8 Å². The molecule has 8 heteroatoms. The number of carbonyl (C=O) groups is 1. The molecule has 0 spiro atoms. The summed E-state index contributed by atoms with van der Waals surface area (Å²) in [6.45, 7) is 5.27. The van der Waals surface area contributed by atoms with Crippen LogP contribution in [-0.2, 0) is 14.8 Å². The van der Waals surface area contributed by atoms with Gasteiger partial charge in [-0.1, -0.05) is 66.8 Å². The fourth-order valence-corrected chi connectivity index (χ4v) is 7.33. The van der Waals surface area contributed by atoms with E-state index in [1.54, 1.807) is 18.2 Å². The number of aryl methyl sites for hydroxylation is 3. The number of sulfonamides is 1. The van der Waals surface area contributed by atoms with Crippen LogP contribution in [0.4, 0.5) is 5.69 Å². The average molecular weight is 541 g/mol. The second kappa shape index (κ2) is 11.7. The second-order valence-corrected chi connectivity index (χ2v) is 11.9. The van der Waals surface area contributed by atoms with E-state index in [4.69, 9.17) is 16.3 Å². The topological polar surface area (TPSA) is 75.7 Å². The Morgan fingerprint density at radius 2 is 1.62 bits per heavy atom. The van der Waals surface area contributed by atoms with Gasteiger partial charge in [0.25, 0.3) is 0 Å². The molecule has 4 rings (SSSR count). The summed E-state index contributed by atoms with van der Waals surface area (Å²) in [7, 11) is -3.92. The maximum absolute atomic E-state index is 14.0. The third-order valence-electron chi connectivity index (χ3n) is 6.64. The molecule has 0 radical (unpaired) electrons. The lowest BCUT2D eigenvalue weighted by atomic mass is 9.95. The second-order valence-electron chi connectivity index (χ2n) is 9.67. The molecule has 1 fully saturated rings. The molecule has 37 heavy (non-hydrogen) atoms. The van der Waals surface area contributed by atoms with E-state index in [9.17, 15) is 13.2 Å². The van der Waals surface area contributed by atoms with Crippen LogP contribution in [-0.4, -0.2) is 31.2 Å². The maximum Gasteiger partial charge on any atom is 0.244 e. The number of nitrogens with zero attached hydrogens (tertiary/aromatic N) is 1. The van der Waals surface area contributed by atoms with Crippen molar-refractivity contribution < 1.29 is 17.9 Å². The quantitative estimate of drug-likeness (QED) is 0.333. The van der Waals surface area contributed by atoms with Crippen LogP contribution >= 0.6 is 11.6 Å². The van der Waals surface area contributed by atoms with Crippen molar-refractivity contribution in [3.63, 3.8) is 0 Å². The van der Waals surface area contributed by atoms with Crippen molar-refractivity contribution in [1.82, 2.24) is 4.31 Å². The van der Waals surface area contributed by atoms with E-state index in [2.05, 4.69) is 5.32 Å². The molecule has 0 aromatic heterocycles. The summed E-state index contributed by atoms with van der Waals surface area (Å²) in [5.41, 5.74) is 2.76. The predicted octanol–water partition coefficient (Wildman–Crippen LogP) is 7.02. The van der Waals surface area contributed by atoms with Crippen molar-refractivity contribution >= 4 is 33.2 Å². The number of ether oxygens (including phenoxy) is 1. The zero-order valence-electron chi connectivity index (χ0n) is 21.5. The van der Waals surface area contributed by atoms with Gasteiger partial charge in [-0.15, -0.1) is 0 Å². The summed E-state index contributed by atoms with van der Waals surface area (Å²) in [5, 5.41) is 3.28. The van der Waals surface area contributed by atoms with Gasteiger partial charge in [0.15, 0.2) is 5.75 Å². The van der Waals surface area contributed by atoms with Crippen LogP contribution in [0.1, 0.15) is 48.8 Å². The molecule has 1 aliphatic rings. The Balaban J connectivity index is 1.63. The SMILES string of the molecule is Cc1cc(C)c(S(=O)(=O)N(CC(=O)Nc2cc(Cl)ccc2Oc2ccccc2)C2CCCCC2)c(C)c1. The zero-order chi connectivity index (χ0) is 26.6. The predicted molar refractivity (Wildman–Crippen MR) is 148 cm³/mol. The molecule has 0 unspecified atom stereocenters. The highest BCUT2D eigenvalue weighted by Gasteiger charge is 2.36. The van der Waals surface area contributed by atoms with Crippen molar-refractivity contribution in [2.24, 2.45) is 0 Å². The first-order valence-corrected chi connectivity index (χ1v) is 14.4. The molecule has 0 heterocycles. The highest BCUT2D eigenvalue weighted by atomic mass is 35.5. The Bertz CT molecular complexity index is 1350. The average Bonchev–Trinajstić information content (AvgIpc) is 2.84. The Hall–Kier alpha value is -2.87. The number of para-hydroxylation sites is 1. The van der Waals surface area contributed by atoms with Crippen LogP contribution in [0.25, 0.3) is 0 Å². The van der Waals surface area contributed by atoms with Gasteiger partial charge in [0, 0.05) is 11.1 Å². The minimum absolute atomic E-state index is 0.232. The Kier molecular flexibility index (Phi) is 8.57. The molecular weight excluding hydrogens is 508 g/mol. The largest absolute Gasteiger partial charge is 0.455 e. The van der Waals surface area contributed by atoms with Crippen molar-refractivity contribution in [2.45, 2.75) is 63.8 Å². The minimum atomic E-state index is -3.92. The summed E-state index contributed by atoms with van der Waals surface area (Å²) in [5.74, 6) is 0.579. The van der Waals surface area contributed by atoms with Crippen LogP contribution in [0.15, 0.2) is 65.6 Å². The molecular formula is C29H33ClN2O4S. The third kappa shape index (κ3) is 6.53. The number of anilines is 1. The molecule has 0 bridgehead atoms. The molecule has 3 aromatic carbocycles. The number of hydrogen-bond donors (Lipinski definition) is 1. The van der Waals surface area contributed by atoms with Gasteiger partial charge in [-0.2, -0.15) is 4.31 Å². The molecule has 0 atom stereocenters. The van der Waals surface area contributed by atoms with Gasteiger partial charge < -0.3 is 10.1 Å². The molecule has 6 nitrogen and oxygen atoms in total. The van der Waals surface area contributed by atoms with Crippen LogP contribution < -0.4 is 10.1 Å². The van der Waals surface area contributed by atoms with Gasteiger partial charge in [-0.25, -0.2) is 8.42 Å². The number of hydrogen-bond acceptors (Lipinski definition) is 4. The Morgan fingerprint density at radius 3 is 2.27 bits per heavy atom. The fourth-order valence-electron chi connectivity index (χ4n) is 5.11. The van der Waals surface area contributed by atoms with E-state index in [0.717, 1.165) is 37.7 Å². The van der Waals surface area contributed by atoms with E-state index in [1.807, 2.05) is 63.2 Å². The fraction of sp³-hybridized carbons (Fsp3) is 0.345. The summed E-state index contributed by atoms with van der Waals surface area (Å²) < 4.78 is 35.4. The summed E-state index contributed by atoms with van der Waals surface area (Å²) in [6.07, 6.45) is 4.41. The third-order valence-corrected chi connectivity index (χ3v) is 9.08. The monoisotopic (exact) mass is 540 g/mol. The molecule has 0 aliphatic heterocycles. The molecule has 1 saturated carbocycles. The first-order chi connectivity index (χ1) is 17.6. The molecule has 196 valence electrons. The summed E-state index contributed by atoms with van der Waals surface area (Å²) in [4.78, 5) is 13.7. The number of nitrogens with one attached hydrogen (secondary N) is 1. The van der Waals surface area contributed by atoms with E-state index in [0.29, 0.717) is 33.3 Å². The van der Waals surface area contributed by atoms with Gasteiger partial charge in [-0.3, -0.25) is 4.79 Å². The van der Waals surface area contributed by atoms with Crippen LogP contribution in [0.5, 0.6) is 11.5 Å². The van der Waals surface area contributed by atoms with Crippen molar-refractivity contribution in [3.05, 3.63) is 82.4 Å². The molecule has 1 amide bonds. The molecule has 3 aromatic rings. The van der Waals surface area contributed by atoms with E-state index in [-0.39, 0.29) is 17.5 Å². The van der Waals surface area contributed by atoms with E-state index in [1.165, 1.54) is 4.31 Å². The minimum Gasteiger partial charge on any atom is -0.455 e. The normalized spacial score (nSPS) is 14.5. The van der Waals surface area contributed by atoms with Gasteiger partial charge in [0.05, 0.1) is 17.1 Å². The molecule has 1 aliphatic carbocycles. The Morgan fingerprint density at radius 1 is 0.973 bits per heavy atom.